The van der Waals surface area contributed by atoms with E-state index in [2.05, 4.69) is 25.4 Å². The molecule has 14 heavy (non-hydrogen) atoms. The Hall–Kier alpha value is 0.310. The molecule has 1 atom stereocenters. The number of thioether (sulfide) groups is 1. The molecule has 2 saturated carbocycles. The Kier molecular flexibility index (Phi) is 2.87. The maximum atomic E-state index is 3.78. The summed E-state index contributed by atoms with van der Waals surface area (Å²) in [6.07, 6.45) is 9.58. The lowest BCUT2D eigenvalue weighted by molar-refractivity contribution is -0.0177. The average molecular weight is 213 g/mol. The second-order valence-corrected chi connectivity index (χ2v) is 7.17. The van der Waals surface area contributed by atoms with Crippen LogP contribution in [0.4, 0.5) is 0 Å². The van der Waals surface area contributed by atoms with Gasteiger partial charge in [-0.05, 0) is 51.2 Å². The molecule has 0 bridgehead atoms. The molecule has 2 aliphatic rings. The highest BCUT2D eigenvalue weighted by atomic mass is 32.2. The molecular formula is C12H23NS. The molecule has 2 heteroatoms. The molecule has 2 rings (SSSR count). The standard InChI is InChI=1S/C12H23NS/c1-11(2,14-3)9-13-10-5-8-12(10)6-4-7-12/h10,13H,4-9H2,1-3H3. The highest BCUT2D eigenvalue weighted by molar-refractivity contribution is 7.99. The zero-order valence-corrected chi connectivity index (χ0v) is 10.5. The third-order valence-corrected chi connectivity index (χ3v) is 5.60. The van der Waals surface area contributed by atoms with Gasteiger partial charge in [-0.1, -0.05) is 6.42 Å². The molecule has 0 aliphatic heterocycles. The van der Waals surface area contributed by atoms with Crippen LogP contribution < -0.4 is 5.32 Å². The van der Waals surface area contributed by atoms with Gasteiger partial charge in [-0.25, -0.2) is 0 Å². The Bertz CT molecular complexity index is 203. The largest absolute Gasteiger partial charge is 0.312 e. The van der Waals surface area contributed by atoms with Gasteiger partial charge in [0.25, 0.3) is 0 Å². The van der Waals surface area contributed by atoms with Gasteiger partial charge in [-0.2, -0.15) is 11.8 Å². The number of rotatable bonds is 4. The molecule has 1 unspecified atom stereocenters. The van der Waals surface area contributed by atoms with Gasteiger partial charge in [-0.15, -0.1) is 0 Å². The van der Waals surface area contributed by atoms with Crippen LogP contribution in [0.2, 0.25) is 0 Å². The third-order valence-electron chi connectivity index (χ3n) is 4.35. The molecular weight excluding hydrogens is 190 g/mol. The zero-order valence-electron chi connectivity index (χ0n) is 9.73. The van der Waals surface area contributed by atoms with E-state index in [-0.39, 0.29) is 0 Å². The molecule has 0 radical (unpaired) electrons. The third kappa shape index (κ3) is 1.83. The molecule has 0 aromatic heterocycles. The van der Waals surface area contributed by atoms with E-state index in [1.165, 1.54) is 38.6 Å². The van der Waals surface area contributed by atoms with Crippen molar-refractivity contribution >= 4 is 11.8 Å². The summed E-state index contributed by atoms with van der Waals surface area (Å²) in [6.45, 7) is 5.83. The quantitative estimate of drug-likeness (QED) is 0.770. The maximum absolute atomic E-state index is 3.78. The van der Waals surface area contributed by atoms with Gasteiger partial charge in [0.2, 0.25) is 0 Å². The van der Waals surface area contributed by atoms with E-state index >= 15 is 0 Å². The van der Waals surface area contributed by atoms with Crippen LogP contribution in [0, 0.1) is 5.41 Å². The van der Waals surface area contributed by atoms with Gasteiger partial charge in [0.1, 0.15) is 0 Å². The molecule has 0 aromatic rings. The zero-order chi connectivity index (χ0) is 10.2. The molecule has 0 saturated heterocycles. The van der Waals surface area contributed by atoms with E-state index in [4.69, 9.17) is 0 Å². The molecule has 1 N–H and O–H groups in total. The van der Waals surface area contributed by atoms with Crippen LogP contribution in [0.3, 0.4) is 0 Å². The second kappa shape index (κ2) is 3.71. The highest BCUT2D eigenvalue weighted by Gasteiger charge is 2.50. The summed E-state index contributed by atoms with van der Waals surface area (Å²) < 4.78 is 0.403. The Morgan fingerprint density at radius 3 is 2.43 bits per heavy atom. The number of nitrogens with one attached hydrogen (secondary N) is 1. The van der Waals surface area contributed by atoms with Gasteiger partial charge in [-0.3, -0.25) is 0 Å². The first-order valence-electron chi connectivity index (χ1n) is 5.87. The highest BCUT2D eigenvalue weighted by Crippen LogP contribution is 2.55. The lowest BCUT2D eigenvalue weighted by Gasteiger charge is -2.57. The van der Waals surface area contributed by atoms with Gasteiger partial charge in [0.05, 0.1) is 0 Å². The molecule has 1 nitrogen and oxygen atoms in total. The van der Waals surface area contributed by atoms with E-state index in [1.807, 2.05) is 11.8 Å². The maximum Gasteiger partial charge on any atom is 0.0225 e. The Balaban J connectivity index is 1.76. The summed E-state index contributed by atoms with van der Waals surface area (Å²) in [5.41, 5.74) is 0.758. The van der Waals surface area contributed by atoms with E-state index in [1.54, 1.807) is 0 Å². The van der Waals surface area contributed by atoms with Crippen molar-refractivity contribution in [3.63, 3.8) is 0 Å². The Labute approximate surface area is 92.4 Å². The fraction of sp³-hybridized carbons (Fsp3) is 1.00. The fourth-order valence-electron chi connectivity index (χ4n) is 2.69. The SMILES string of the molecule is CSC(C)(C)CNC1CCC12CCC2. The van der Waals surface area contributed by atoms with Gasteiger partial charge >= 0.3 is 0 Å². The van der Waals surface area contributed by atoms with Crippen molar-refractivity contribution in [1.82, 2.24) is 5.32 Å². The summed E-state index contributed by atoms with van der Waals surface area (Å²) in [7, 11) is 0. The van der Waals surface area contributed by atoms with E-state index in [0.29, 0.717) is 4.75 Å². The van der Waals surface area contributed by atoms with E-state index in [0.717, 1.165) is 11.5 Å². The molecule has 2 aliphatic carbocycles. The van der Waals surface area contributed by atoms with Crippen LogP contribution in [0.25, 0.3) is 0 Å². The van der Waals surface area contributed by atoms with Crippen molar-refractivity contribution < 1.29 is 0 Å². The fourth-order valence-corrected chi connectivity index (χ4v) is 2.91. The number of hydrogen-bond acceptors (Lipinski definition) is 2. The van der Waals surface area contributed by atoms with Crippen molar-refractivity contribution in [2.45, 2.75) is 56.7 Å². The van der Waals surface area contributed by atoms with Crippen LogP contribution in [-0.2, 0) is 0 Å². The lowest BCUT2D eigenvalue weighted by Crippen LogP contribution is -2.58. The summed E-state index contributed by atoms with van der Waals surface area (Å²) in [6, 6.07) is 0.850. The summed E-state index contributed by atoms with van der Waals surface area (Å²) in [5, 5.41) is 3.78. The normalized spacial score (nSPS) is 29.8. The predicted octanol–water partition coefficient (Wildman–Crippen LogP) is 3.05. The minimum Gasteiger partial charge on any atom is -0.312 e. The second-order valence-electron chi connectivity index (χ2n) is 5.65. The first-order valence-corrected chi connectivity index (χ1v) is 7.09. The molecule has 1 spiro atoms. The predicted molar refractivity (Wildman–Crippen MR) is 64.9 cm³/mol. The monoisotopic (exact) mass is 213 g/mol. The molecule has 0 aromatic carbocycles. The summed E-state index contributed by atoms with van der Waals surface area (Å²) >= 11 is 1.97. The van der Waals surface area contributed by atoms with Crippen LogP contribution >= 0.6 is 11.8 Å². The molecule has 0 heterocycles. The van der Waals surface area contributed by atoms with Crippen molar-refractivity contribution in [3.05, 3.63) is 0 Å². The topological polar surface area (TPSA) is 12.0 Å². The average Bonchev–Trinajstić information content (AvgIpc) is 2.00. The minimum absolute atomic E-state index is 0.403. The lowest BCUT2D eigenvalue weighted by atomic mass is 9.53. The smallest absolute Gasteiger partial charge is 0.0225 e. The first-order chi connectivity index (χ1) is 6.58. The molecule has 82 valence electrons. The van der Waals surface area contributed by atoms with E-state index in [9.17, 15) is 0 Å². The van der Waals surface area contributed by atoms with Gasteiger partial charge in [0, 0.05) is 17.3 Å². The van der Waals surface area contributed by atoms with Crippen LogP contribution in [0.15, 0.2) is 0 Å². The van der Waals surface area contributed by atoms with Crippen LogP contribution in [0.5, 0.6) is 0 Å². The first kappa shape index (κ1) is 10.8. The summed E-state index contributed by atoms with van der Waals surface area (Å²) in [4.78, 5) is 0. The van der Waals surface area contributed by atoms with Crippen molar-refractivity contribution in [3.8, 4) is 0 Å². The van der Waals surface area contributed by atoms with Crippen LogP contribution in [0.1, 0.15) is 46.0 Å². The van der Waals surface area contributed by atoms with Gasteiger partial charge < -0.3 is 5.32 Å². The molecule has 0 amide bonds. The van der Waals surface area contributed by atoms with Crippen LogP contribution in [-0.4, -0.2) is 23.6 Å². The van der Waals surface area contributed by atoms with E-state index < -0.39 is 0 Å². The summed E-state index contributed by atoms with van der Waals surface area (Å²) in [5.74, 6) is 0. The van der Waals surface area contributed by atoms with Crippen molar-refractivity contribution in [1.29, 1.82) is 0 Å². The Morgan fingerprint density at radius 2 is 2.07 bits per heavy atom. The number of hydrogen-bond donors (Lipinski definition) is 1. The minimum atomic E-state index is 0.403. The van der Waals surface area contributed by atoms with Crippen molar-refractivity contribution in [2.75, 3.05) is 12.8 Å². The molecule has 2 fully saturated rings. The Morgan fingerprint density at radius 1 is 1.36 bits per heavy atom. The van der Waals surface area contributed by atoms with Crippen molar-refractivity contribution in [2.24, 2.45) is 5.41 Å². The van der Waals surface area contributed by atoms with Gasteiger partial charge in [0.15, 0.2) is 0 Å².